The number of thiophene rings is 6. The predicted molar refractivity (Wildman–Crippen MR) is 614 cm³/mol. The van der Waals surface area contributed by atoms with Gasteiger partial charge in [-0.1, -0.05) is 408 Å². The number of carbonyl (C=O) groups is 2. The minimum absolute atomic E-state index is 0.188. The molecule has 0 atom stereocenters. The molecule has 0 saturated heterocycles. The fraction of sp³-hybridized carbons (Fsp3) is 0.653. The van der Waals surface area contributed by atoms with Crippen molar-refractivity contribution in [2.45, 2.75) is 493 Å². The van der Waals surface area contributed by atoms with E-state index in [0.29, 0.717) is 30.9 Å². The average molecular weight is 2020 g/mol. The Morgan fingerprint density at radius 3 is 0.848 bits per heavy atom. The van der Waals surface area contributed by atoms with Gasteiger partial charge in [0, 0.05) is 81.1 Å². The first-order chi connectivity index (χ1) is 68.0. The van der Waals surface area contributed by atoms with Gasteiger partial charge >= 0.3 is 0 Å². The minimum atomic E-state index is -0.190. The third kappa shape index (κ3) is 30.6. The molecule has 0 saturated carbocycles. The first-order valence-corrected chi connectivity index (χ1v) is 63.3. The van der Waals surface area contributed by atoms with E-state index < -0.39 is 0 Å². The van der Waals surface area contributed by atoms with Crippen molar-refractivity contribution in [2.24, 2.45) is 0 Å². The zero-order valence-electron chi connectivity index (χ0n) is 87.3. The summed E-state index contributed by atoms with van der Waals surface area (Å²) in [6, 6.07) is 19.4. The summed E-state index contributed by atoms with van der Waals surface area (Å²) in [5.41, 5.74) is 14.0. The van der Waals surface area contributed by atoms with Crippen LogP contribution in [-0.2, 0) is 25.7 Å². The van der Waals surface area contributed by atoms with Gasteiger partial charge in [0.1, 0.15) is 22.1 Å². The number of carbonyl (C=O) groups excluding carboxylic acids is 2. The Balaban J connectivity index is 0.891. The number of hydrogen-bond acceptors (Lipinski definition) is 16. The SMILES string of the molecule is CCCCCCCCCCCCCN1C(=O)c2c(c(-c3ccc(-c4cc5c(CCCCCCCCCCCC)c6sc(-c7c(OCCCCCCCC)c(OCCCCCCCC)c(C)c8nsnc78)cc6c(CCCCCCCCCCCC)c5s4)s3)c3nsnc3c2-c2ccc(-c3cc4c(CCCCCCCCCCCC)c5sc(C)cc5c(CCCCCCCCCCCC)c4s3)s2)C1=O. The third-order valence-electron chi connectivity index (χ3n) is 30.0. The lowest BCUT2D eigenvalue weighted by Gasteiger charge is -2.19. The summed E-state index contributed by atoms with van der Waals surface area (Å²) in [4.78, 5) is 43.4. The Morgan fingerprint density at radius 2 is 0.507 bits per heavy atom. The van der Waals surface area contributed by atoms with Crippen LogP contribution in [0.25, 0.3) is 113 Å². The average Bonchev–Trinajstić information content (AvgIpc) is 1.55. The van der Waals surface area contributed by atoms with Crippen LogP contribution in [0.3, 0.4) is 0 Å². The smallest absolute Gasteiger partial charge is 0.262 e. The molecule has 0 aliphatic carbocycles. The molecule has 4 aromatic carbocycles. The van der Waals surface area contributed by atoms with Gasteiger partial charge in [-0.2, -0.15) is 17.5 Å². The van der Waals surface area contributed by atoms with Gasteiger partial charge in [-0.3, -0.25) is 14.5 Å². The molecular weight excluding hydrogens is 1840 g/mol. The van der Waals surface area contributed by atoms with Crippen LogP contribution in [0.4, 0.5) is 0 Å². The number of benzene rings is 4. The topological polar surface area (TPSA) is 107 Å². The molecule has 0 N–H and O–H groups in total. The summed E-state index contributed by atoms with van der Waals surface area (Å²) >= 11 is 14.0. The van der Waals surface area contributed by atoms with Crippen molar-refractivity contribution in [1.29, 1.82) is 0 Å². The lowest BCUT2D eigenvalue weighted by molar-refractivity contribution is 0.0651. The number of aryl methyl sites for hydroxylation is 6. The number of imide groups is 1. The molecular formula is C121H175N5O4S8. The fourth-order valence-corrected chi connectivity index (χ4v) is 30.3. The second-order valence-corrected chi connectivity index (χ2v) is 48.9. The molecule has 17 heteroatoms. The van der Waals surface area contributed by atoms with Crippen LogP contribution in [0.1, 0.15) is 506 Å². The molecule has 0 fully saturated rings. The van der Waals surface area contributed by atoms with Crippen molar-refractivity contribution in [1.82, 2.24) is 22.4 Å². The van der Waals surface area contributed by atoms with E-state index in [1.54, 1.807) is 38.7 Å². The van der Waals surface area contributed by atoms with E-state index in [2.05, 4.69) is 111 Å². The largest absolute Gasteiger partial charge is 0.489 e. The molecule has 0 unspecified atom stereocenters. The Hall–Kier alpha value is -5.50. The molecule has 756 valence electrons. The number of amides is 2. The molecule has 0 spiro atoms. The Kier molecular flexibility index (Phi) is 48.6. The fourth-order valence-electron chi connectivity index (χ4n) is 21.9. The highest BCUT2D eigenvalue weighted by molar-refractivity contribution is 7.28. The molecule has 1 aliphatic rings. The highest BCUT2D eigenvalue weighted by atomic mass is 32.1. The normalized spacial score (nSPS) is 12.5. The van der Waals surface area contributed by atoms with Gasteiger partial charge in [0.05, 0.1) is 53.4 Å². The molecule has 13 rings (SSSR count). The molecule has 8 aromatic heterocycles. The van der Waals surface area contributed by atoms with E-state index in [1.165, 1.54) is 451 Å². The number of rotatable bonds is 77. The van der Waals surface area contributed by atoms with Gasteiger partial charge in [0.2, 0.25) is 0 Å². The van der Waals surface area contributed by atoms with Gasteiger partial charge in [0.25, 0.3) is 11.8 Å². The maximum absolute atomic E-state index is 16.2. The minimum Gasteiger partial charge on any atom is -0.489 e. The number of fused-ring (bicyclic) bond motifs is 7. The molecule has 138 heavy (non-hydrogen) atoms. The van der Waals surface area contributed by atoms with Crippen molar-refractivity contribution in [3.63, 3.8) is 0 Å². The first kappa shape index (κ1) is 110. The number of hydrogen-bond donors (Lipinski definition) is 0. The standard InChI is InChI=1S/C121H175N5O4S8/c1-10-17-24-31-38-43-48-53-58-63-70-81-126-120(127)108-105(100-79-77-98(132-100)102-85-95-91(74-67-60-55-50-45-40-33-26-19-12-3)116-94(84-88(8)131-116)90(117(95)134-102)73-66-59-54-49-44-39-32-25-18-11-2)111-112(124-138-123-111)106(109(108)121(126)128)101-80-78-99(133-101)103-86-96-92(75-68-61-56-51-46-41-34-27-20-13-4)119-97(93(118(96)135-103)76-69-62-57-52-47-42-35-28-21-14-5)87-104(136-119)107-113-110(122-137-125-113)89(9)114(129-82-71-64-36-29-22-15-6)115(107)130-83-72-65-37-30-23-16-7/h77-80,84-87H,10-76,81-83H2,1-9H3. The maximum Gasteiger partial charge on any atom is 0.262 e. The van der Waals surface area contributed by atoms with Crippen molar-refractivity contribution in [3.05, 3.63) is 92.4 Å². The highest BCUT2D eigenvalue weighted by Crippen LogP contribution is 2.56. The number of unbranched alkanes of at least 4 members (excludes halogenated alkanes) is 56. The van der Waals surface area contributed by atoms with Gasteiger partial charge in [-0.15, -0.1) is 68.0 Å². The Morgan fingerprint density at radius 1 is 0.246 bits per heavy atom. The lowest BCUT2D eigenvalue weighted by Crippen LogP contribution is -2.30. The number of nitrogens with zero attached hydrogens (tertiary/aromatic N) is 5. The lowest BCUT2D eigenvalue weighted by atomic mass is 9.93. The van der Waals surface area contributed by atoms with Crippen molar-refractivity contribution in [2.75, 3.05) is 19.8 Å². The molecule has 12 aromatic rings. The summed E-state index contributed by atoms with van der Waals surface area (Å²) in [7, 11) is 0. The molecule has 2 amide bonds. The summed E-state index contributed by atoms with van der Waals surface area (Å²) in [5.74, 6) is 1.32. The quantitative estimate of drug-likeness (QED) is 0.0274. The van der Waals surface area contributed by atoms with Crippen molar-refractivity contribution >= 4 is 166 Å². The van der Waals surface area contributed by atoms with Crippen LogP contribution in [-0.4, -0.2) is 54.0 Å². The van der Waals surface area contributed by atoms with E-state index >= 15 is 9.59 Å². The monoisotopic (exact) mass is 2020 g/mol. The Bertz CT molecular complexity index is 5440. The summed E-state index contributed by atoms with van der Waals surface area (Å²) in [5, 5.41) is 5.72. The highest BCUT2D eigenvalue weighted by Gasteiger charge is 2.43. The Labute approximate surface area is 866 Å². The van der Waals surface area contributed by atoms with E-state index in [1.807, 2.05) is 45.3 Å². The van der Waals surface area contributed by atoms with Crippen LogP contribution in [0.2, 0.25) is 0 Å². The second kappa shape index (κ2) is 61.1. The van der Waals surface area contributed by atoms with Gasteiger partial charge in [-0.25, -0.2) is 0 Å². The van der Waals surface area contributed by atoms with Crippen molar-refractivity contribution < 1.29 is 19.1 Å². The zero-order valence-corrected chi connectivity index (χ0v) is 93.8. The molecule has 9 nitrogen and oxygen atoms in total. The van der Waals surface area contributed by atoms with E-state index in [9.17, 15) is 0 Å². The van der Waals surface area contributed by atoms with Gasteiger partial charge < -0.3 is 9.47 Å². The summed E-state index contributed by atoms with van der Waals surface area (Å²) in [6.07, 6.45) is 84.1. The molecule has 0 radical (unpaired) electrons. The predicted octanol–water partition coefficient (Wildman–Crippen LogP) is 42.9. The van der Waals surface area contributed by atoms with E-state index in [4.69, 9.17) is 27.0 Å². The van der Waals surface area contributed by atoms with Crippen molar-refractivity contribution in [3.8, 4) is 62.3 Å². The third-order valence-corrected chi connectivity index (χ3v) is 38.3. The summed E-state index contributed by atoms with van der Waals surface area (Å²) < 4.78 is 41.1. The molecule has 9 heterocycles. The summed E-state index contributed by atoms with van der Waals surface area (Å²) in [6.45, 7) is 22.4. The van der Waals surface area contributed by atoms with Crippen LogP contribution in [0.5, 0.6) is 11.5 Å². The van der Waals surface area contributed by atoms with Gasteiger partial charge in [0.15, 0.2) is 11.5 Å². The van der Waals surface area contributed by atoms with Gasteiger partial charge in [-0.05, 0) is 177 Å². The van der Waals surface area contributed by atoms with E-state index in [-0.39, 0.29) is 11.8 Å². The van der Waals surface area contributed by atoms with E-state index in [0.717, 1.165) is 149 Å². The van der Waals surface area contributed by atoms with Crippen LogP contribution >= 0.6 is 91.5 Å². The maximum atomic E-state index is 16.2. The zero-order chi connectivity index (χ0) is 96.3. The first-order valence-electron chi connectivity index (χ1n) is 57.0. The van der Waals surface area contributed by atoms with Crippen LogP contribution in [0, 0.1) is 13.8 Å². The second-order valence-electron chi connectivity index (χ2n) is 41.2. The van der Waals surface area contributed by atoms with Crippen LogP contribution < -0.4 is 9.47 Å². The molecule has 1 aliphatic heterocycles. The number of ether oxygens (including phenoxy) is 2. The van der Waals surface area contributed by atoms with Crippen LogP contribution in [0.15, 0.2) is 48.5 Å². The molecule has 0 bridgehead atoms. The number of aromatic nitrogens is 4.